The number of ether oxygens (including phenoxy) is 1. The number of aromatic nitrogens is 6. The number of hydrogen-bond acceptors (Lipinski definition) is 7. The van der Waals surface area contributed by atoms with Crippen molar-refractivity contribution in [2.24, 2.45) is 0 Å². The van der Waals surface area contributed by atoms with Crippen LogP contribution in [0.5, 0.6) is 5.75 Å². The van der Waals surface area contributed by atoms with Crippen molar-refractivity contribution >= 4 is 19.3 Å². The van der Waals surface area contributed by atoms with E-state index in [1.165, 1.54) is 6.33 Å². The summed E-state index contributed by atoms with van der Waals surface area (Å²) in [7, 11) is 1.70. The number of H-pyrrole nitrogens is 1. The van der Waals surface area contributed by atoms with Crippen LogP contribution in [0.3, 0.4) is 0 Å². The van der Waals surface area contributed by atoms with Gasteiger partial charge in [0.15, 0.2) is 0 Å². The number of methoxy groups -OCH3 is 1. The van der Waals surface area contributed by atoms with Crippen molar-refractivity contribution < 1.29 is 4.74 Å². The lowest BCUT2D eigenvalue weighted by Gasteiger charge is -2.16. The van der Waals surface area contributed by atoms with Gasteiger partial charge in [0.05, 0.1) is 12.8 Å². The first-order valence-corrected chi connectivity index (χ1v) is 9.71. The molecule has 0 unspecified atom stereocenters. The number of pyridine rings is 1. The maximum Gasteiger partial charge on any atom is 0.137 e. The van der Waals surface area contributed by atoms with Gasteiger partial charge >= 0.3 is 0 Å². The van der Waals surface area contributed by atoms with Crippen molar-refractivity contribution in [3.63, 3.8) is 0 Å². The predicted octanol–water partition coefficient (Wildman–Crippen LogP) is 3.58. The van der Waals surface area contributed by atoms with E-state index in [-0.39, 0.29) is 19.4 Å². The number of aromatic amines is 1. The van der Waals surface area contributed by atoms with E-state index in [9.17, 15) is 0 Å². The zero-order chi connectivity index (χ0) is 20.8. The third-order valence-electron chi connectivity index (χ3n) is 4.85. The second kappa shape index (κ2) is 10.5. The molecule has 0 saturated heterocycles. The van der Waals surface area contributed by atoms with Crippen molar-refractivity contribution in [1.29, 1.82) is 0 Å². The van der Waals surface area contributed by atoms with Crippen LogP contribution in [-0.4, -0.2) is 43.8 Å². The molecule has 0 aliphatic heterocycles. The molecule has 2 N–H and O–H groups in total. The summed E-state index contributed by atoms with van der Waals surface area (Å²) < 4.78 is 5.47. The third kappa shape index (κ3) is 5.58. The summed E-state index contributed by atoms with van der Waals surface area (Å²) in [6.45, 7) is 2.88. The van der Waals surface area contributed by atoms with Gasteiger partial charge in [-0.05, 0) is 23.8 Å². The van der Waals surface area contributed by atoms with Crippen LogP contribution in [0.25, 0.3) is 11.3 Å². The lowest BCUT2D eigenvalue weighted by Crippen LogP contribution is -2.12. The Morgan fingerprint density at radius 1 is 1.03 bits per heavy atom. The van der Waals surface area contributed by atoms with Gasteiger partial charge in [-0.2, -0.15) is 18.6 Å². The number of benzene rings is 1. The molecule has 0 aliphatic carbocycles. The van der Waals surface area contributed by atoms with Crippen LogP contribution in [0, 0.1) is 0 Å². The lowest BCUT2D eigenvalue weighted by molar-refractivity contribution is 0.407. The van der Waals surface area contributed by atoms with Crippen LogP contribution in [0.2, 0.25) is 0 Å². The molecular formula is C22H25N7OS. The molecular weight excluding hydrogens is 410 g/mol. The Bertz CT molecular complexity index is 1100. The van der Waals surface area contributed by atoms with Crippen molar-refractivity contribution in [3.8, 4) is 17.0 Å². The molecule has 1 atom stereocenters. The quantitative estimate of drug-likeness (QED) is 0.436. The van der Waals surface area contributed by atoms with Crippen LogP contribution in [0.15, 0.2) is 61.3 Å². The minimum atomic E-state index is 0. The summed E-state index contributed by atoms with van der Waals surface area (Å²) in [5.74, 6) is 2.70. The normalized spacial score (nSPS) is 11.4. The molecule has 8 nitrogen and oxygen atoms in total. The molecule has 0 aliphatic rings. The standard InChI is InChI=1S/C22H23N7O.H2S/c1-15(18-5-3-4-6-20(18)30-2)12-24-21-11-19(25-13-26-21)16-7-8-23-17(9-16)10-22-27-14-28-29-22;/h3-9,11,13-15H,10,12H2,1-2H3,(H,24,25,26)(H,27,28,29);1H2/t15-;/m1./s1. The highest BCUT2D eigenvalue weighted by Gasteiger charge is 2.11. The summed E-state index contributed by atoms with van der Waals surface area (Å²) in [6.07, 6.45) is 5.43. The van der Waals surface area contributed by atoms with E-state index < -0.39 is 0 Å². The zero-order valence-corrected chi connectivity index (χ0v) is 18.4. The molecule has 160 valence electrons. The van der Waals surface area contributed by atoms with Gasteiger partial charge in [-0.25, -0.2) is 15.0 Å². The van der Waals surface area contributed by atoms with E-state index in [2.05, 4.69) is 48.4 Å². The van der Waals surface area contributed by atoms with Crippen molar-refractivity contribution in [2.75, 3.05) is 19.0 Å². The first-order chi connectivity index (χ1) is 14.7. The molecule has 4 rings (SSSR count). The molecule has 0 radical (unpaired) electrons. The topological polar surface area (TPSA) is 102 Å². The average Bonchev–Trinajstić information content (AvgIpc) is 3.31. The molecule has 0 fully saturated rings. The maximum absolute atomic E-state index is 5.47. The summed E-state index contributed by atoms with van der Waals surface area (Å²) >= 11 is 0. The van der Waals surface area contributed by atoms with E-state index >= 15 is 0 Å². The number of rotatable bonds is 8. The first kappa shape index (κ1) is 22.2. The second-order valence-electron chi connectivity index (χ2n) is 6.96. The van der Waals surface area contributed by atoms with Gasteiger partial charge in [-0.15, -0.1) is 0 Å². The number of anilines is 1. The molecule has 3 aromatic heterocycles. The fourth-order valence-corrected chi connectivity index (χ4v) is 3.27. The molecule has 0 bridgehead atoms. The SMILES string of the molecule is COc1ccccc1[C@H](C)CNc1cc(-c2ccnc(Cc3ncn[nH]3)c2)ncn1.S. The summed E-state index contributed by atoms with van der Waals surface area (Å²) in [4.78, 5) is 17.4. The van der Waals surface area contributed by atoms with Crippen LogP contribution in [-0.2, 0) is 6.42 Å². The summed E-state index contributed by atoms with van der Waals surface area (Å²) in [5, 5.41) is 10.1. The summed E-state index contributed by atoms with van der Waals surface area (Å²) in [6, 6.07) is 14.0. The highest BCUT2D eigenvalue weighted by molar-refractivity contribution is 7.59. The van der Waals surface area contributed by atoms with Gasteiger partial charge in [0.1, 0.15) is 30.0 Å². The molecule has 0 spiro atoms. The molecule has 1 aromatic carbocycles. The predicted molar refractivity (Wildman–Crippen MR) is 125 cm³/mol. The number of para-hydroxylation sites is 1. The van der Waals surface area contributed by atoms with Crippen molar-refractivity contribution in [2.45, 2.75) is 19.3 Å². The van der Waals surface area contributed by atoms with Crippen molar-refractivity contribution in [1.82, 2.24) is 30.1 Å². The smallest absolute Gasteiger partial charge is 0.137 e. The monoisotopic (exact) mass is 435 g/mol. The van der Waals surface area contributed by atoms with E-state index in [1.54, 1.807) is 19.6 Å². The first-order valence-electron chi connectivity index (χ1n) is 9.71. The van der Waals surface area contributed by atoms with E-state index in [4.69, 9.17) is 4.74 Å². The van der Waals surface area contributed by atoms with Crippen LogP contribution >= 0.6 is 13.5 Å². The Balaban J connectivity index is 0.00000272. The maximum atomic E-state index is 5.47. The highest BCUT2D eigenvalue weighted by Crippen LogP contribution is 2.26. The number of hydrogen-bond donors (Lipinski definition) is 2. The Kier molecular flexibility index (Phi) is 7.55. The van der Waals surface area contributed by atoms with E-state index in [1.807, 2.05) is 36.4 Å². The average molecular weight is 436 g/mol. The van der Waals surface area contributed by atoms with Gasteiger partial charge < -0.3 is 10.1 Å². The largest absolute Gasteiger partial charge is 0.496 e. The third-order valence-corrected chi connectivity index (χ3v) is 4.85. The van der Waals surface area contributed by atoms with Crippen LogP contribution in [0.4, 0.5) is 5.82 Å². The Morgan fingerprint density at radius 3 is 2.71 bits per heavy atom. The molecule has 0 amide bonds. The Hall–Kier alpha value is -3.46. The minimum Gasteiger partial charge on any atom is -0.496 e. The molecule has 4 aromatic rings. The zero-order valence-electron chi connectivity index (χ0n) is 17.4. The number of nitrogens with zero attached hydrogens (tertiary/aromatic N) is 5. The fourth-order valence-electron chi connectivity index (χ4n) is 3.27. The van der Waals surface area contributed by atoms with Crippen LogP contribution < -0.4 is 10.1 Å². The summed E-state index contributed by atoms with van der Waals surface area (Å²) in [5.41, 5.74) is 3.86. The molecule has 3 heterocycles. The second-order valence-corrected chi connectivity index (χ2v) is 6.96. The van der Waals surface area contributed by atoms with Gasteiger partial charge in [0, 0.05) is 42.4 Å². The molecule has 31 heavy (non-hydrogen) atoms. The van der Waals surface area contributed by atoms with Gasteiger partial charge in [-0.3, -0.25) is 10.1 Å². The fraction of sp³-hybridized carbons (Fsp3) is 0.227. The highest BCUT2D eigenvalue weighted by atomic mass is 32.1. The van der Waals surface area contributed by atoms with Crippen molar-refractivity contribution in [3.05, 3.63) is 78.4 Å². The molecule has 9 heteroatoms. The number of nitrogens with one attached hydrogen (secondary N) is 2. The lowest BCUT2D eigenvalue weighted by atomic mass is 10.00. The van der Waals surface area contributed by atoms with E-state index in [0.29, 0.717) is 6.42 Å². The Morgan fingerprint density at radius 2 is 1.90 bits per heavy atom. The van der Waals surface area contributed by atoms with Gasteiger partial charge in [0.2, 0.25) is 0 Å². The molecule has 0 saturated carbocycles. The minimum absolute atomic E-state index is 0. The Labute approximate surface area is 188 Å². The van der Waals surface area contributed by atoms with Gasteiger partial charge in [-0.1, -0.05) is 25.1 Å². The van der Waals surface area contributed by atoms with Crippen LogP contribution in [0.1, 0.15) is 29.9 Å². The van der Waals surface area contributed by atoms with Gasteiger partial charge in [0.25, 0.3) is 0 Å². The van der Waals surface area contributed by atoms with E-state index in [0.717, 1.165) is 46.5 Å².